The zero-order valence-electron chi connectivity index (χ0n) is 12.6. The van der Waals surface area contributed by atoms with Crippen LogP contribution in [0.5, 0.6) is 0 Å². The second-order valence-electron chi connectivity index (χ2n) is 5.25. The van der Waals surface area contributed by atoms with Gasteiger partial charge in [-0.05, 0) is 47.5 Å². The second-order valence-corrected chi connectivity index (χ2v) is 6.55. The van der Waals surface area contributed by atoms with Crippen molar-refractivity contribution in [1.29, 1.82) is 0 Å². The summed E-state index contributed by atoms with van der Waals surface area (Å²) in [6.45, 7) is 4.21. The van der Waals surface area contributed by atoms with Crippen molar-refractivity contribution in [2.45, 2.75) is 20.4 Å². The SMILES string of the molecule is Cc1nn(C(=O)c2ccc(Cn3cc(Br)cn3)cc2)c(C)c1Cl. The molecule has 0 saturated heterocycles. The molecule has 0 unspecified atom stereocenters. The third-order valence-electron chi connectivity index (χ3n) is 3.54. The molecule has 0 spiro atoms. The molecule has 0 aliphatic heterocycles. The smallest absolute Gasteiger partial charge is 0.267 e. The molecule has 2 aromatic heterocycles. The Kier molecular flexibility index (Phi) is 4.37. The summed E-state index contributed by atoms with van der Waals surface area (Å²) in [5.74, 6) is -0.189. The topological polar surface area (TPSA) is 52.7 Å². The van der Waals surface area contributed by atoms with Crippen LogP contribution in [-0.4, -0.2) is 25.5 Å². The number of aromatic nitrogens is 4. The molecule has 0 radical (unpaired) electrons. The molecule has 1 aromatic carbocycles. The first-order valence-electron chi connectivity index (χ1n) is 6.99. The van der Waals surface area contributed by atoms with Gasteiger partial charge in [0, 0.05) is 11.8 Å². The molecule has 2 heterocycles. The zero-order valence-corrected chi connectivity index (χ0v) is 15.0. The minimum atomic E-state index is -0.189. The van der Waals surface area contributed by atoms with Crippen molar-refractivity contribution in [1.82, 2.24) is 19.6 Å². The molecule has 0 amide bonds. The number of hydrogen-bond acceptors (Lipinski definition) is 3. The van der Waals surface area contributed by atoms with Gasteiger partial charge in [0.05, 0.1) is 33.6 Å². The first-order chi connectivity index (χ1) is 11.0. The summed E-state index contributed by atoms with van der Waals surface area (Å²) in [4.78, 5) is 12.5. The van der Waals surface area contributed by atoms with Gasteiger partial charge in [0.2, 0.25) is 0 Å². The molecule has 3 aromatic rings. The summed E-state index contributed by atoms with van der Waals surface area (Å²) in [7, 11) is 0. The maximum atomic E-state index is 12.5. The summed E-state index contributed by atoms with van der Waals surface area (Å²) >= 11 is 9.47. The van der Waals surface area contributed by atoms with Crippen molar-refractivity contribution in [3.8, 4) is 0 Å². The number of nitrogens with zero attached hydrogens (tertiary/aromatic N) is 4. The molecule has 0 aliphatic rings. The van der Waals surface area contributed by atoms with Gasteiger partial charge in [-0.3, -0.25) is 9.48 Å². The van der Waals surface area contributed by atoms with E-state index in [-0.39, 0.29) is 5.91 Å². The molecule has 23 heavy (non-hydrogen) atoms. The molecule has 5 nitrogen and oxygen atoms in total. The standard InChI is InChI=1S/C16H14BrClN4O/c1-10-15(18)11(2)22(20-10)16(23)13-5-3-12(4-6-13)8-21-9-14(17)7-19-21/h3-7,9H,8H2,1-2H3. The molecule has 0 N–H and O–H groups in total. The van der Waals surface area contributed by atoms with Gasteiger partial charge in [0.15, 0.2) is 0 Å². The Morgan fingerprint density at radius 1 is 1.26 bits per heavy atom. The average molecular weight is 394 g/mol. The molecule has 0 saturated carbocycles. The third-order valence-corrected chi connectivity index (χ3v) is 4.50. The van der Waals surface area contributed by atoms with Gasteiger partial charge in [-0.15, -0.1) is 0 Å². The van der Waals surface area contributed by atoms with Crippen LogP contribution in [0.15, 0.2) is 41.1 Å². The Morgan fingerprint density at radius 3 is 2.48 bits per heavy atom. The first-order valence-corrected chi connectivity index (χ1v) is 8.16. The lowest BCUT2D eigenvalue weighted by Gasteiger charge is -2.05. The van der Waals surface area contributed by atoms with Crippen molar-refractivity contribution in [3.63, 3.8) is 0 Å². The van der Waals surface area contributed by atoms with Crippen LogP contribution in [0.2, 0.25) is 5.02 Å². The van der Waals surface area contributed by atoms with E-state index < -0.39 is 0 Å². The molecule has 3 rings (SSSR count). The highest BCUT2D eigenvalue weighted by Crippen LogP contribution is 2.20. The van der Waals surface area contributed by atoms with E-state index in [0.717, 1.165) is 10.0 Å². The van der Waals surface area contributed by atoms with E-state index in [2.05, 4.69) is 26.1 Å². The Morgan fingerprint density at radius 2 is 1.96 bits per heavy atom. The van der Waals surface area contributed by atoms with E-state index in [9.17, 15) is 4.79 Å². The van der Waals surface area contributed by atoms with Gasteiger partial charge in [0.25, 0.3) is 5.91 Å². The van der Waals surface area contributed by atoms with Crippen LogP contribution in [-0.2, 0) is 6.54 Å². The minimum absolute atomic E-state index is 0.189. The van der Waals surface area contributed by atoms with E-state index in [1.165, 1.54) is 4.68 Å². The second kappa shape index (κ2) is 6.29. The average Bonchev–Trinajstić information content (AvgIpc) is 3.06. The molecular formula is C16H14BrClN4O. The fourth-order valence-electron chi connectivity index (χ4n) is 2.31. The van der Waals surface area contributed by atoms with E-state index in [4.69, 9.17) is 11.6 Å². The summed E-state index contributed by atoms with van der Waals surface area (Å²) in [5.41, 5.74) is 2.93. The van der Waals surface area contributed by atoms with Gasteiger partial charge in [0.1, 0.15) is 0 Å². The monoisotopic (exact) mass is 392 g/mol. The predicted octanol–water partition coefficient (Wildman–Crippen LogP) is 3.85. The lowest BCUT2D eigenvalue weighted by molar-refractivity contribution is 0.0942. The molecule has 118 valence electrons. The Balaban J connectivity index is 1.81. The summed E-state index contributed by atoms with van der Waals surface area (Å²) < 4.78 is 4.10. The highest BCUT2D eigenvalue weighted by Gasteiger charge is 2.16. The van der Waals surface area contributed by atoms with Crippen LogP contribution >= 0.6 is 27.5 Å². The van der Waals surface area contributed by atoms with Crippen LogP contribution in [0.4, 0.5) is 0 Å². The van der Waals surface area contributed by atoms with Crippen LogP contribution in [0.3, 0.4) is 0 Å². The van der Waals surface area contributed by atoms with E-state index >= 15 is 0 Å². The van der Waals surface area contributed by atoms with Gasteiger partial charge >= 0.3 is 0 Å². The normalized spacial score (nSPS) is 11.0. The fourth-order valence-corrected chi connectivity index (χ4v) is 2.75. The number of benzene rings is 1. The molecule has 0 fully saturated rings. The summed E-state index contributed by atoms with van der Waals surface area (Å²) in [6, 6.07) is 7.41. The Hall–Kier alpha value is -1.92. The Labute approximate surface area is 147 Å². The Bertz CT molecular complexity index is 867. The maximum Gasteiger partial charge on any atom is 0.278 e. The van der Waals surface area contributed by atoms with Gasteiger partial charge < -0.3 is 0 Å². The molecule has 0 atom stereocenters. The van der Waals surface area contributed by atoms with Crippen molar-refractivity contribution >= 4 is 33.4 Å². The largest absolute Gasteiger partial charge is 0.278 e. The highest BCUT2D eigenvalue weighted by molar-refractivity contribution is 9.10. The van der Waals surface area contributed by atoms with Crippen molar-refractivity contribution in [2.75, 3.05) is 0 Å². The summed E-state index contributed by atoms with van der Waals surface area (Å²) in [6.07, 6.45) is 3.64. The van der Waals surface area contributed by atoms with Gasteiger partial charge in [-0.25, -0.2) is 0 Å². The van der Waals surface area contributed by atoms with Crippen molar-refractivity contribution < 1.29 is 4.79 Å². The predicted molar refractivity (Wildman–Crippen MR) is 91.9 cm³/mol. The van der Waals surface area contributed by atoms with E-state index in [1.807, 2.05) is 23.0 Å². The number of carbonyl (C=O) groups is 1. The van der Waals surface area contributed by atoms with Crippen LogP contribution in [0.1, 0.15) is 27.3 Å². The van der Waals surface area contributed by atoms with Crippen molar-refractivity contribution in [2.24, 2.45) is 0 Å². The molecule has 0 aliphatic carbocycles. The van der Waals surface area contributed by atoms with Gasteiger partial charge in [-0.2, -0.15) is 14.9 Å². The molecule has 0 bridgehead atoms. The van der Waals surface area contributed by atoms with Gasteiger partial charge in [-0.1, -0.05) is 23.7 Å². The van der Waals surface area contributed by atoms with Crippen LogP contribution < -0.4 is 0 Å². The highest BCUT2D eigenvalue weighted by atomic mass is 79.9. The number of aryl methyl sites for hydroxylation is 1. The fraction of sp³-hybridized carbons (Fsp3) is 0.188. The third kappa shape index (κ3) is 3.23. The maximum absolute atomic E-state index is 12.5. The molecular weight excluding hydrogens is 380 g/mol. The van der Waals surface area contributed by atoms with E-state index in [0.29, 0.717) is 28.5 Å². The minimum Gasteiger partial charge on any atom is -0.267 e. The number of rotatable bonds is 3. The lowest BCUT2D eigenvalue weighted by atomic mass is 10.1. The zero-order chi connectivity index (χ0) is 16.6. The van der Waals surface area contributed by atoms with Crippen LogP contribution in [0, 0.1) is 13.8 Å². The van der Waals surface area contributed by atoms with Crippen molar-refractivity contribution in [3.05, 3.63) is 68.7 Å². The first kappa shape index (κ1) is 16.0. The van der Waals surface area contributed by atoms with Crippen LogP contribution in [0.25, 0.3) is 0 Å². The van der Waals surface area contributed by atoms with E-state index in [1.54, 1.807) is 32.2 Å². The number of hydrogen-bond donors (Lipinski definition) is 0. The number of carbonyl (C=O) groups excluding carboxylic acids is 1. The molecule has 7 heteroatoms. The summed E-state index contributed by atoms with van der Waals surface area (Å²) in [5, 5.41) is 8.94. The lowest BCUT2D eigenvalue weighted by Crippen LogP contribution is -2.15. The quantitative estimate of drug-likeness (QED) is 0.679. The number of halogens is 2.